The number of fused-ring (bicyclic) bond motifs is 2. The SMILES string of the molecule is Cc1ccccc1C(=O)O/N=C1\C(=O)N(Cc2cccc3ccccc23)c2ccccc21. The van der Waals surface area contributed by atoms with E-state index in [1.807, 2.05) is 67.6 Å². The van der Waals surface area contributed by atoms with E-state index < -0.39 is 5.97 Å². The van der Waals surface area contributed by atoms with Gasteiger partial charge in [-0.3, -0.25) is 4.79 Å². The largest absolute Gasteiger partial charge is 0.366 e. The molecule has 0 N–H and O–H groups in total. The van der Waals surface area contributed by atoms with Crippen molar-refractivity contribution in [2.45, 2.75) is 13.5 Å². The van der Waals surface area contributed by atoms with Gasteiger partial charge < -0.3 is 9.74 Å². The van der Waals surface area contributed by atoms with Crippen LogP contribution in [0.15, 0.2) is 96.2 Å². The Morgan fingerprint density at radius 2 is 1.59 bits per heavy atom. The lowest BCUT2D eigenvalue weighted by Gasteiger charge is -2.18. The van der Waals surface area contributed by atoms with E-state index in [-0.39, 0.29) is 11.6 Å². The fraction of sp³-hybridized carbons (Fsp3) is 0.0741. The number of carbonyl (C=O) groups is 2. The second kappa shape index (κ2) is 8.12. The molecule has 0 unspecified atom stereocenters. The van der Waals surface area contributed by atoms with Crippen LogP contribution in [0.1, 0.15) is 27.0 Å². The highest BCUT2D eigenvalue weighted by Gasteiger charge is 2.35. The summed E-state index contributed by atoms with van der Waals surface area (Å²) in [6.45, 7) is 2.22. The first-order valence-electron chi connectivity index (χ1n) is 10.4. The first-order valence-corrected chi connectivity index (χ1v) is 10.4. The van der Waals surface area contributed by atoms with Crippen molar-refractivity contribution in [3.63, 3.8) is 0 Å². The topological polar surface area (TPSA) is 59.0 Å². The third-order valence-electron chi connectivity index (χ3n) is 5.69. The van der Waals surface area contributed by atoms with Crippen molar-refractivity contribution in [2.24, 2.45) is 5.16 Å². The molecule has 0 saturated heterocycles. The van der Waals surface area contributed by atoms with Crippen LogP contribution in [-0.4, -0.2) is 17.6 Å². The molecule has 4 aromatic carbocycles. The average molecular weight is 420 g/mol. The lowest BCUT2D eigenvalue weighted by Crippen LogP contribution is -2.30. The van der Waals surface area contributed by atoms with E-state index in [0.29, 0.717) is 17.7 Å². The van der Waals surface area contributed by atoms with Gasteiger partial charge in [0.1, 0.15) is 0 Å². The summed E-state index contributed by atoms with van der Waals surface area (Å²) in [6.07, 6.45) is 0. The Morgan fingerprint density at radius 1 is 0.875 bits per heavy atom. The number of oxime groups is 1. The summed E-state index contributed by atoms with van der Waals surface area (Å²) in [5.74, 6) is -0.884. The van der Waals surface area contributed by atoms with Crippen LogP contribution in [0.3, 0.4) is 0 Å². The van der Waals surface area contributed by atoms with Gasteiger partial charge in [0.25, 0.3) is 5.91 Å². The second-order valence-corrected chi connectivity index (χ2v) is 7.68. The van der Waals surface area contributed by atoms with Crippen molar-refractivity contribution < 1.29 is 14.4 Å². The second-order valence-electron chi connectivity index (χ2n) is 7.68. The lowest BCUT2D eigenvalue weighted by atomic mass is 10.0. The first-order chi connectivity index (χ1) is 15.6. The van der Waals surface area contributed by atoms with E-state index in [1.165, 1.54) is 0 Å². The summed E-state index contributed by atoms with van der Waals surface area (Å²) in [7, 11) is 0. The van der Waals surface area contributed by atoms with Gasteiger partial charge in [0, 0.05) is 5.56 Å². The molecule has 0 aliphatic carbocycles. The van der Waals surface area contributed by atoms with E-state index in [1.54, 1.807) is 17.0 Å². The summed E-state index contributed by atoms with van der Waals surface area (Å²) < 4.78 is 0. The normalized spacial score (nSPS) is 14.1. The lowest BCUT2D eigenvalue weighted by molar-refractivity contribution is -0.112. The predicted molar refractivity (Wildman–Crippen MR) is 125 cm³/mol. The monoisotopic (exact) mass is 420 g/mol. The Balaban J connectivity index is 1.48. The van der Waals surface area contributed by atoms with E-state index >= 15 is 0 Å². The van der Waals surface area contributed by atoms with Gasteiger partial charge in [-0.15, -0.1) is 0 Å². The molecular weight excluding hydrogens is 400 g/mol. The van der Waals surface area contributed by atoms with Crippen molar-refractivity contribution >= 4 is 34.0 Å². The molecule has 5 nitrogen and oxygen atoms in total. The number of aryl methyl sites for hydroxylation is 1. The highest BCUT2D eigenvalue weighted by Crippen LogP contribution is 2.32. The van der Waals surface area contributed by atoms with E-state index in [2.05, 4.69) is 23.4 Å². The van der Waals surface area contributed by atoms with Crippen LogP contribution < -0.4 is 4.90 Å². The molecule has 0 radical (unpaired) electrons. The highest BCUT2D eigenvalue weighted by atomic mass is 16.7. The molecule has 0 fully saturated rings. The summed E-state index contributed by atoms with van der Waals surface area (Å²) in [5, 5.41) is 6.20. The molecule has 0 saturated carbocycles. The Morgan fingerprint density at radius 3 is 2.47 bits per heavy atom. The number of benzene rings is 4. The van der Waals surface area contributed by atoms with Crippen molar-refractivity contribution in [1.82, 2.24) is 0 Å². The van der Waals surface area contributed by atoms with Gasteiger partial charge in [-0.2, -0.15) is 0 Å². The zero-order valence-electron chi connectivity index (χ0n) is 17.5. The number of hydrogen-bond donors (Lipinski definition) is 0. The highest BCUT2D eigenvalue weighted by molar-refractivity contribution is 6.54. The van der Waals surface area contributed by atoms with Crippen molar-refractivity contribution in [2.75, 3.05) is 4.90 Å². The Hall–Kier alpha value is -4.25. The molecule has 0 aromatic heterocycles. The van der Waals surface area contributed by atoms with Crippen LogP contribution in [0.25, 0.3) is 10.8 Å². The van der Waals surface area contributed by atoms with Gasteiger partial charge in [0.15, 0.2) is 5.71 Å². The summed E-state index contributed by atoms with van der Waals surface area (Å²) in [6, 6.07) is 28.7. The zero-order chi connectivity index (χ0) is 22.1. The summed E-state index contributed by atoms with van der Waals surface area (Å²) in [5.41, 5.74) is 3.76. The Labute approximate surface area is 185 Å². The molecular formula is C27H20N2O3. The Kier molecular flexibility index (Phi) is 5.00. The molecule has 1 heterocycles. The minimum Gasteiger partial charge on any atom is -0.312 e. The molecule has 5 heteroatoms. The maximum absolute atomic E-state index is 13.3. The minimum absolute atomic E-state index is 0.128. The standard InChI is InChI=1S/C27H20N2O3/c1-18-9-2-4-13-21(18)27(31)32-28-25-23-15-6-7-16-24(23)29(26(25)30)17-20-12-8-11-19-10-3-5-14-22(19)20/h2-16H,17H2,1H3/b28-25-. The van der Waals surface area contributed by atoms with Gasteiger partial charge in [0.05, 0.1) is 17.8 Å². The maximum atomic E-state index is 13.3. The third kappa shape index (κ3) is 3.44. The van der Waals surface area contributed by atoms with Crippen LogP contribution in [0.2, 0.25) is 0 Å². The number of carbonyl (C=O) groups excluding carboxylic acids is 2. The number of hydrogen-bond acceptors (Lipinski definition) is 4. The summed E-state index contributed by atoms with van der Waals surface area (Å²) >= 11 is 0. The van der Waals surface area contributed by atoms with Gasteiger partial charge in [-0.05, 0) is 41.0 Å². The van der Waals surface area contributed by atoms with E-state index in [4.69, 9.17) is 4.84 Å². The number of amides is 1. The fourth-order valence-electron chi connectivity index (χ4n) is 4.05. The molecule has 1 aliphatic heterocycles. The predicted octanol–water partition coefficient (Wildman–Crippen LogP) is 5.26. The molecule has 32 heavy (non-hydrogen) atoms. The van der Waals surface area contributed by atoms with Crippen LogP contribution in [-0.2, 0) is 16.2 Å². The van der Waals surface area contributed by atoms with Gasteiger partial charge in [0.2, 0.25) is 0 Å². The van der Waals surface area contributed by atoms with E-state index in [0.717, 1.165) is 27.6 Å². The smallest absolute Gasteiger partial charge is 0.312 e. The van der Waals surface area contributed by atoms with Gasteiger partial charge in [-0.1, -0.05) is 84.0 Å². The average Bonchev–Trinajstić information content (AvgIpc) is 3.09. The van der Waals surface area contributed by atoms with Crippen molar-refractivity contribution in [3.05, 3.63) is 113 Å². The van der Waals surface area contributed by atoms with E-state index in [9.17, 15) is 9.59 Å². The number of rotatable bonds is 4. The van der Waals surface area contributed by atoms with Crippen LogP contribution in [0.5, 0.6) is 0 Å². The first kappa shape index (κ1) is 19.7. The molecule has 4 aromatic rings. The van der Waals surface area contributed by atoms with Crippen LogP contribution in [0, 0.1) is 6.92 Å². The third-order valence-corrected chi connectivity index (χ3v) is 5.69. The molecule has 0 atom stereocenters. The van der Waals surface area contributed by atoms with Crippen molar-refractivity contribution in [3.8, 4) is 0 Å². The summed E-state index contributed by atoms with van der Waals surface area (Å²) in [4.78, 5) is 32.7. The van der Waals surface area contributed by atoms with Gasteiger partial charge >= 0.3 is 5.97 Å². The number of nitrogens with zero attached hydrogens (tertiary/aromatic N) is 2. The minimum atomic E-state index is -0.589. The molecule has 1 aliphatic rings. The zero-order valence-corrected chi connectivity index (χ0v) is 17.5. The quantitative estimate of drug-likeness (QED) is 0.334. The van der Waals surface area contributed by atoms with Crippen molar-refractivity contribution in [1.29, 1.82) is 0 Å². The molecule has 1 amide bonds. The molecule has 0 spiro atoms. The Bertz CT molecular complexity index is 1390. The number of para-hydroxylation sites is 1. The molecule has 5 rings (SSSR count). The maximum Gasteiger partial charge on any atom is 0.366 e. The van der Waals surface area contributed by atoms with Gasteiger partial charge in [-0.25, -0.2) is 4.79 Å². The molecule has 0 bridgehead atoms. The number of anilines is 1. The van der Waals surface area contributed by atoms with Crippen LogP contribution in [0.4, 0.5) is 5.69 Å². The van der Waals surface area contributed by atoms with Crippen LogP contribution >= 0.6 is 0 Å². The fourth-order valence-corrected chi connectivity index (χ4v) is 4.05. The molecule has 156 valence electrons.